The molecule has 1 saturated carbocycles. The summed E-state index contributed by atoms with van der Waals surface area (Å²) in [7, 11) is 4.07. The number of aryl methyl sites for hydroxylation is 1. The highest BCUT2D eigenvalue weighted by Gasteiger charge is 2.24. The largest absolute Gasteiger partial charge is 0.312 e. The zero-order valence-electron chi connectivity index (χ0n) is 11.2. The van der Waals surface area contributed by atoms with Gasteiger partial charge in [-0.2, -0.15) is 5.10 Å². The molecule has 1 fully saturated rings. The molecule has 1 heterocycles. The van der Waals surface area contributed by atoms with Gasteiger partial charge in [0.05, 0.1) is 17.3 Å². The Morgan fingerprint density at radius 3 is 2.89 bits per heavy atom. The number of hydrogen-bond donors (Lipinski definition) is 1. The highest BCUT2D eigenvalue weighted by atomic mass is 15.3. The Hall–Kier alpha value is -1.35. The molecule has 0 radical (unpaired) electrons. The van der Waals surface area contributed by atoms with Crippen LogP contribution in [0.4, 0.5) is 0 Å². The zero-order chi connectivity index (χ0) is 12.5. The molecule has 18 heavy (non-hydrogen) atoms. The van der Waals surface area contributed by atoms with Crippen LogP contribution in [0.2, 0.25) is 0 Å². The van der Waals surface area contributed by atoms with Crippen molar-refractivity contribution in [2.75, 3.05) is 7.05 Å². The fraction of sp³-hybridized carbons (Fsp3) is 0.533. The second kappa shape index (κ2) is 4.73. The SMILES string of the molecule is CNC(CCC1CC1)c1nn(C)c2ccccc12. The van der Waals surface area contributed by atoms with Crippen LogP contribution in [0, 0.1) is 5.92 Å². The van der Waals surface area contributed by atoms with Gasteiger partial charge in [0.25, 0.3) is 0 Å². The van der Waals surface area contributed by atoms with E-state index < -0.39 is 0 Å². The smallest absolute Gasteiger partial charge is 0.0872 e. The van der Waals surface area contributed by atoms with Crippen molar-refractivity contribution in [2.24, 2.45) is 13.0 Å². The first kappa shape index (κ1) is 11.7. The fourth-order valence-corrected chi connectivity index (χ4v) is 2.73. The average molecular weight is 243 g/mol. The third-order valence-electron chi connectivity index (χ3n) is 4.03. The molecule has 1 aromatic heterocycles. The van der Waals surface area contributed by atoms with E-state index in [0.717, 1.165) is 5.92 Å². The monoisotopic (exact) mass is 243 g/mol. The van der Waals surface area contributed by atoms with Crippen LogP contribution in [0.3, 0.4) is 0 Å². The minimum absolute atomic E-state index is 0.386. The van der Waals surface area contributed by atoms with Crippen LogP contribution in [-0.2, 0) is 7.05 Å². The van der Waals surface area contributed by atoms with Gasteiger partial charge in [0.2, 0.25) is 0 Å². The maximum atomic E-state index is 4.71. The summed E-state index contributed by atoms with van der Waals surface area (Å²) >= 11 is 0. The van der Waals surface area contributed by atoms with E-state index in [2.05, 4.69) is 29.6 Å². The molecule has 0 spiro atoms. The van der Waals surface area contributed by atoms with Gasteiger partial charge in [-0.05, 0) is 31.9 Å². The highest BCUT2D eigenvalue weighted by molar-refractivity contribution is 5.82. The summed E-state index contributed by atoms with van der Waals surface area (Å²) in [6, 6.07) is 8.88. The molecular formula is C15H21N3. The van der Waals surface area contributed by atoms with Gasteiger partial charge in [0.1, 0.15) is 0 Å². The molecule has 0 aliphatic heterocycles. The third-order valence-corrected chi connectivity index (χ3v) is 4.03. The molecule has 2 aromatic rings. The van der Waals surface area contributed by atoms with Crippen molar-refractivity contribution < 1.29 is 0 Å². The fourth-order valence-electron chi connectivity index (χ4n) is 2.73. The van der Waals surface area contributed by atoms with Crippen molar-refractivity contribution in [3.63, 3.8) is 0 Å². The van der Waals surface area contributed by atoms with Gasteiger partial charge >= 0.3 is 0 Å². The first-order valence-electron chi connectivity index (χ1n) is 6.88. The van der Waals surface area contributed by atoms with E-state index in [-0.39, 0.29) is 0 Å². The van der Waals surface area contributed by atoms with Crippen LogP contribution in [0.15, 0.2) is 24.3 Å². The van der Waals surface area contributed by atoms with Crippen molar-refractivity contribution in [2.45, 2.75) is 31.7 Å². The molecular weight excluding hydrogens is 222 g/mol. The molecule has 1 aromatic carbocycles. The van der Waals surface area contributed by atoms with E-state index in [1.807, 2.05) is 18.8 Å². The molecule has 3 nitrogen and oxygen atoms in total. The zero-order valence-corrected chi connectivity index (χ0v) is 11.2. The first-order valence-corrected chi connectivity index (χ1v) is 6.88. The Morgan fingerprint density at radius 2 is 2.17 bits per heavy atom. The summed E-state index contributed by atoms with van der Waals surface area (Å²) in [5.74, 6) is 0.982. The summed E-state index contributed by atoms with van der Waals surface area (Å²) < 4.78 is 1.99. The molecule has 1 aliphatic carbocycles. The molecule has 3 rings (SSSR count). The minimum atomic E-state index is 0.386. The molecule has 3 heteroatoms. The first-order chi connectivity index (χ1) is 8.79. The Kier molecular flexibility index (Phi) is 3.08. The summed E-state index contributed by atoms with van der Waals surface area (Å²) in [4.78, 5) is 0. The summed E-state index contributed by atoms with van der Waals surface area (Å²) in [5.41, 5.74) is 2.43. The lowest BCUT2D eigenvalue weighted by atomic mass is 10.0. The molecule has 1 unspecified atom stereocenters. The molecule has 1 N–H and O–H groups in total. The number of para-hydroxylation sites is 1. The van der Waals surface area contributed by atoms with E-state index in [9.17, 15) is 0 Å². The second-order valence-corrected chi connectivity index (χ2v) is 5.39. The second-order valence-electron chi connectivity index (χ2n) is 5.39. The van der Waals surface area contributed by atoms with Gasteiger partial charge in [-0.3, -0.25) is 4.68 Å². The summed E-state index contributed by atoms with van der Waals surface area (Å²) in [5, 5.41) is 9.43. The van der Waals surface area contributed by atoms with Gasteiger partial charge in [0, 0.05) is 12.4 Å². The van der Waals surface area contributed by atoms with Crippen LogP contribution in [-0.4, -0.2) is 16.8 Å². The number of hydrogen-bond acceptors (Lipinski definition) is 2. The highest BCUT2D eigenvalue weighted by Crippen LogP contribution is 2.36. The van der Waals surface area contributed by atoms with Gasteiger partial charge < -0.3 is 5.32 Å². The van der Waals surface area contributed by atoms with E-state index in [1.54, 1.807) is 0 Å². The van der Waals surface area contributed by atoms with Gasteiger partial charge in [-0.1, -0.05) is 31.0 Å². The quantitative estimate of drug-likeness (QED) is 0.874. The standard InChI is InChI=1S/C15H21N3/c1-16-13(10-9-11-7-8-11)15-12-5-3-4-6-14(12)18(2)17-15/h3-6,11,13,16H,7-10H2,1-2H3. The van der Waals surface area contributed by atoms with E-state index in [1.165, 1.54) is 42.3 Å². The van der Waals surface area contributed by atoms with Crippen LogP contribution in [0.5, 0.6) is 0 Å². The van der Waals surface area contributed by atoms with Crippen LogP contribution in [0.25, 0.3) is 10.9 Å². The Bertz CT molecular complexity index is 540. The maximum absolute atomic E-state index is 4.71. The topological polar surface area (TPSA) is 29.9 Å². The predicted octanol–water partition coefficient (Wildman–Crippen LogP) is 3.02. The lowest BCUT2D eigenvalue weighted by molar-refractivity contribution is 0.493. The van der Waals surface area contributed by atoms with Crippen LogP contribution >= 0.6 is 0 Å². The summed E-state index contributed by atoms with van der Waals surface area (Å²) in [6.45, 7) is 0. The van der Waals surface area contributed by atoms with Crippen molar-refractivity contribution in [1.82, 2.24) is 15.1 Å². The van der Waals surface area contributed by atoms with Crippen molar-refractivity contribution in [3.8, 4) is 0 Å². The van der Waals surface area contributed by atoms with Gasteiger partial charge in [0.15, 0.2) is 0 Å². The Balaban J connectivity index is 1.90. The normalized spacial score (nSPS) is 17.2. The number of aromatic nitrogens is 2. The summed E-state index contributed by atoms with van der Waals surface area (Å²) in [6.07, 6.45) is 5.39. The van der Waals surface area contributed by atoms with Crippen LogP contribution in [0.1, 0.15) is 37.4 Å². The molecule has 0 bridgehead atoms. The molecule has 96 valence electrons. The van der Waals surface area contributed by atoms with Crippen molar-refractivity contribution in [3.05, 3.63) is 30.0 Å². The predicted molar refractivity (Wildman–Crippen MR) is 74.5 cm³/mol. The van der Waals surface area contributed by atoms with E-state index in [4.69, 9.17) is 5.10 Å². The molecule has 0 saturated heterocycles. The number of nitrogens with one attached hydrogen (secondary N) is 1. The van der Waals surface area contributed by atoms with Crippen molar-refractivity contribution >= 4 is 10.9 Å². The lowest BCUT2D eigenvalue weighted by Gasteiger charge is -2.13. The van der Waals surface area contributed by atoms with Crippen molar-refractivity contribution in [1.29, 1.82) is 0 Å². The molecule has 0 amide bonds. The number of rotatable bonds is 5. The number of benzene rings is 1. The molecule has 1 aliphatic rings. The van der Waals surface area contributed by atoms with Crippen LogP contribution < -0.4 is 5.32 Å². The minimum Gasteiger partial charge on any atom is -0.312 e. The van der Waals surface area contributed by atoms with Gasteiger partial charge in [-0.25, -0.2) is 0 Å². The van der Waals surface area contributed by atoms with E-state index in [0.29, 0.717) is 6.04 Å². The maximum Gasteiger partial charge on any atom is 0.0872 e. The Labute approximate surface area is 108 Å². The van der Waals surface area contributed by atoms with E-state index >= 15 is 0 Å². The van der Waals surface area contributed by atoms with Gasteiger partial charge in [-0.15, -0.1) is 0 Å². The number of fused-ring (bicyclic) bond motifs is 1. The third kappa shape index (κ3) is 2.15. The lowest BCUT2D eigenvalue weighted by Crippen LogP contribution is -2.17. The Morgan fingerprint density at radius 1 is 1.39 bits per heavy atom. The average Bonchev–Trinajstić information content (AvgIpc) is 3.16. The molecule has 1 atom stereocenters. The number of nitrogens with zero attached hydrogens (tertiary/aromatic N) is 2.